The molecule has 0 spiro atoms. The van der Waals surface area contributed by atoms with Crippen LogP contribution in [0, 0.1) is 5.41 Å². The molecule has 1 rings (SSSR count). The molecule has 1 aliphatic heterocycles. The summed E-state index contributed by atoms with van der Waals surface area (Å²) in [6.07, 6.45) is 2.56. The van der Waals surface area contributed by atoms with E-state index in [9.17, 15) is 0 Å². The maximum Gasteiger partial charge on any atom is 0.0594 e. The van der Waals surface area contributed by atoms with E-state index >= 15 is 0 Å². The maximum absolute atomic E-state index is 5.36. The molecule has 1 heterocycles. The highest BCUT2D eigenvalue weighted by molar-refractivity contribution is 4.69. The Bertz CT molecular complexity index is 200. The molecule has 0 aliphatic carbocycles. The molecule has 0 amide bonds. The van der Waals surface area contributed by atoms with Gasteiger partial charge in [0, 0.05) is 26.2 Å². The quantitative estimate of drug-likeness (QED) is 0.680. The van der Waals surface area contributed by atoms with Gasteiger partial charge in [0.1, 0.15) is 0 Å². The largest absolute Gasteiger partial charge is 0.379 e. The van der Waals surface area contributed by atoms with Crippen molar-refractivity contribution >= 4 is 0 Å². The van der Waals surface area contributed by atoms with E-state index < -0.39 is 0 Å². The number of nitrogens with zero attached hydrogens (tertiary/aromatic N) is 2. The Morgan fingerprint density at radius 1 is 1.18 bits per heavy atom. The standard InChI is InChI=1S/C14H30N2O/c1-5-14(2,3)6-7-15(4)8-9-16-10-12-17-13-11-16/h5-13H2,1-4H3. The minimum atomic E-state index is 0.493. The molecule has 0 aromatic carbocycles. The average Bonchev–Trinajstić information content (AvgIpc) is 2.35. The molecule has 1 saturated heterocycles. The third kappa shape index (κ3) is 6.39. The van der Waals surface area contributed by atoms with Gasteiger partial charge in [0.05, 0.1) is 13.2 Å². The minimum absolute atomic E-state index is 0.493. The second-order valence-corrected chi connectivity index (χ2v) is 6.03. The highest BCUT2D eigenvalue weighted by Crippen LogP contribution is 2.24. The van der Waals surface area contributed by atoms with Crippen molar-refractivity contribution in [3.63, 3.8) is 0 Å². The van der Waals surface area contributed by atoms with Crippen LogP contribution in [0.25, 0.3) is 0 Å². The summed E-state index contributed by atoms with van der Waals surface area (Å²) in [6.45, 7) is 14.6. The van der Waals surface area contributed by atoms with E-state index in [1.165, 1.54) is 32.5 Å². The molecule has 0 aromatic heterocycles. The normalized spacial score (nSPS) is 18.9. The van der Waals surface area contributed by atoms with Gasteiger partial charge in [0.25, 0.3) is 0 Å². The SMILES string of the molecule is CCC(C)(C)CCN(C)CCN1CCOCC1. The van der Waals surface area contributed by atoms with Crippen LogP contribution in [0.15, 0.2) is 0 Å². The molecule has 0 unspecified atom stereocenters. The van der Waals surface area contributed by atoms with Crippen LogP contribution in [0.1, 0.15) is 33.6 Å². The molecule has 0 radical (unpaired) electrons. The maximum atomic E-state index is 5.36. The van der Waals surface area contributed by atoms with Crippen molar-refractivity contribution in [1.82, 2.24) is 9.80 Å². The number of hydrogen-bond donors (Lipinski definition) is 0. The Labute approximate surface area is 107 Å². The molecular formula is C14H30N2O. The summed E-state index contributed by atoms with van der Waals surface area (Å²) >= 11 is 0. The summed E-state index contributed by atoms with van der Waals surface area (Å²) in [5.41, 5.74) is 0.493. The summed E-state index contributed by atoms with van der Waals surface area (Å²) in [4.78, 5) is 4.97. The summed E-state index contributed by atoms with van der Waals surface area (Å²) in [6, 6.07) is 0. The van der Waals surface area contributed by atoms with Crippen LogP contribution in [-0.2, 0) is 4.74 Å². The van der Waals surface area contributed by atoms with Crippen LogP contribution in [0.2, 0.25) is 0 Å². The van der Waals surface area contributed by atoms with E-state index in [1.807, 2.05) is 0 Å². The van der Waals surface area contributed by atoms with Crippen LogP contribution >= 0.6 is 0 Å². The fourth-order valence-corrected chi connectivity index (χ4v) is 1.92. The lowest BCUT2D eigenvalue weighted by molar-refractivity contribution is 0.0341. The van der Waals surface area contributed by atoms with Gasteiger partial charge in [-0.2, -0.15) is 0 Å². The van der Waals surface area contributed by atoms with Crippen molar-refractivity contribution in [3.05, 3.63) is 0 Å². The lowest BCUT2D eigenvalue weighted by Gasteiger charge is -2.30. The lowest BCUT2D eigenvalue weighted by atomic mass is 9.86. The zero-order chi connectivity index (χ0) is 12.7. The second kappa shape index (κ2) is 7.34. The van der Waals surface area contributed by atoms with Crippen molar-refractivity contribution < 1.29 is 4.74 Å². The summed E-state index contributed by atoms with van der Waals surface area (Å²) < 4.78 is 5.36. The van der Waals surface area contributed by atoms with Gasteiger partial charge in [-0.15, -0.1) is 0 Å². The fraction of sp³-hybridized carbons (Fsp3) is 1.00. The predicted octanol–water partition coefficient (Wildman–Crippen LogP) is 2.08. The van der Waals surface area contributed by atoms with Gasteiger partial charge in [-0.1, -0.05) is 27.2 Å². The molecule has 102 valence electrons. The molecule has 1 fully saturated rings. The number of rotatable bonds is 7. The van der Waals surface area contributed by atoms with Gasteiger partial charge in [0.2, 0.25) is 0 Å². The lowest BCUT2D eigenvalue weighted by Crippen LogP contribution is -2.41. The highest BCUT2D eigenvalue weighted by atomic mass is 16.5. The van der Waals surface area contributed by atoms with Gasteiger partial charge in [-0.3, -0.25) is 4.90 Å². The minimum Gasteiger partial charge on any atom is -0.379 e. The molecule has 3 heteroatoms. The molecule has 3 nitrogen and oxygen atoms in total. The highest BCUT2D eigenvalue weighted by Gasteiger charge is 2.16. The van der Waals surface area contributed by atoms with Gasteiger partial charge >= 0.3 is 0 Å². The van der Waals surface area contributed by atoms with Gasteiger partial charge in [0.15, 0.2) is 0 Å². The van der Waals surface area contributed by atoms with E-state index in [4.69, 9.17) is 4.74 Å². The second-order valence-electron chi connectivity index (χ2n) is 6.03. The molecule has 0 bridgehead atoms. The topological polar surface area (TPSA) is 15.7 Å². The Hall–Kier alpha value is -0.120. The van der Waals surface area contributed by atoms with E-state index in [1.54, 1.807) is 0 Å². The van der Waals surface area contributed by atoms with Crippen molar-refractivity contribution in [3.8, 4) is 0 Å². The van der Waals surface area contributed by atoms with E-state index in [-0.39, 0.29) is 0 Å². The first-order chi connectivity index (χ1) is 8.03. The third-order valence-electron chi connectivity index (χ3n) is 4.03. The van der Waals surface area contributed by atoms with Crippen molar-refractivity contribution in [2.45, 2.75) is 33.6 Å². The van der Waals surface area contributed by atoms with Crippen molar-refractivity contribution in [2.75, 3.05) is 53.0 Å². The smallest absolute Gasteiger partial charge is 0.0594 e. The van der Waals surface area contributed by atoms with Crippen molar-refractivity contribution in [2.24, 2.45) is 5.41 Å². The Kier molecular flexibility index (Phi) is 6.45. The zero-order valence-electron chi connectivity index (χ0n) is 12.2. The first-order valence-corrected chi connectivity index (χ1v) is 7.02. The van der Waals surface area contributed by atoms with Crippen LogP contribution in [0.3, 0.4) is 0 Å². The molecule has 0 aromatic rings. The van der Waals surface area contributed by atoms with E-state index in [0.717, 1.165) is 26.3 Å². The number of hydrogen-bond acceptors (Lipinski definition) is 3. The Morgan fingerprint density at radius 2 is 1.82 bits per heavy atom. The van der Waals surface area contributed by atoms with E-state index in [0.29, 0.717) is 5.41 Å². The zero-order valence-corrected chi connectivity index (χ0v) is 12.2. The Balaban J connectivity index is 2.10. The average molecular weight is 242 g/mol. The van der Waals surface area contributed by atoms with Crippen molar-refractivity contribution in [1.29, 1.82) is 0 Å². The molecule has 0 atom stereocenters. The molecule has 0 N–H and O–H groups in total. The van der Waals surface area contributed by atoms with Gasteiger partial charge < -0.3 is 9.64 Å². The molecular weight excluding hydrogens is 212 g/mol. The number of ether oxygens (including phenoxy) is 1. The van der Waals surface area contributed by atoms with Gasteiger partial charge in [-0.05, 0) is 25.4 Å². The number of likely N-dealkylation sites (N-methyl/N-ethyl adjacent to an activating group) is 1. The first-order valence-electron chi connectivity index (χ1n) is 7.02. The van der Waals surface area contributed by atoms with E-state index in [2.05, 4.69) is 37.6 Å². The predicted molar refractivity (Wildman–Crippen MR) is 73.4 cm³/mol. The summed E-state index contributed by atoms with van der Waals surface area (Å²) in [7, 11) is 2.24. The summed E-state index contributed by atoms with van der Waals surface area (Å²) in [5, 5.41) is 0. The third-order valence-corrected chi connectivity index (χ3v) is 4.03. The van der Waals surface area contributed by atoms with Crippen LogP contribution in [-0.4, -0.2) is 62.8 Å². The first kappa shape index (κ1) is 14.9. The van der Waals surface area contributed by atoms with Gasteiger partial charge in [-0.25, -0.2) is 0 Å². The Morgan fingerprint density at radius 3 is 2.41 bits per heavy atom. The van der Waals surface area contributed by atoms with Crippen LogP contribution < -0.4 is 0 Å². The molecule has 17 heavy (non-hydrogen) atoms. The molecule has 1 aliphatic rings. The van der Waals surface area contributed by atoms with Crippen LogP contribution in [0.4, 0.5) is 0 Å². The van der Waals surface area contributed by atoms with Crippen LogP contribution in [0.5, 0.6) is 0 Å². The monoisotopic (exact) mass is 242 g/mol. The number of morpholine rings is 1. The molecule has 0 saturated carbocycles. The summed E-state index contributed by atoms with van der Waals surface area (Å²) in [5.74, 6) is 0. The fourth-order valence-electron chi connectivity index (χ4n) is 1.92.